The standard InChI is InChI=1S/C17H22ClN3OS/c1-5-21-15(10-19-12(4)22)20-16(11(2)3)17(21)23-14-8-6-7-13(18)9-14/h6-9,11H,5,10H2,1-4H3,(H,19,22). The van der Waals surface area contributed by atoms with Crippen molar-refractivity contribution in [2.75, 3.05) is 0 Å². The zero-order valence-corrected chi connectivity index (χ0v) is 15.5. The lowest BCUT2D eigenvalue weighted by molar-refractivity contribution is -0.119. The summed E-state index contributed by atoms with van der Waals surface area (Å²) in [6, 6.07) is 7.82. The fourth-order valence-corrected chi connectivity index (χ4v) is 3.83. The van der Waals surface area contributed by atoms with Crippen LogP contribution in [0.1, 0.15) is 45.1 Å². The van der Waals surface area contributed by atoms with Crippen LogP contribution in [0, 0.1) is 0 Å². The van der Waals surface area contributed by atoms with E-state index in [0.717, 1.165) is 33.0 Å². The smallest absolute Gasteiger partial charge is 0.217 e. The van der Waals surface area contributed by atoms with Gasteiger partial charge in [-0.1, -0.05) is 43.3 Å². The Hall–Kier alpha value is -1.46. The molecule has 124 valence electrons. The monoisotopic (exact) mass is 351 g/mol. The molecule has 0 aliphatic heterocycles. The molecule has 0 saturated heterocycles. The van der Waals surface area contributed by atoms with Crippen LogP contribution >= 0.6 is 23.4 Å². The van der Waals surface area contributed by atoms with Crippen molar-refractivity contribution < 1.29 is 4.79 Å². The molecule has 1 aromatic carbocycles. The highest BCUT2D eigenvalue weighted by Gasteiger charge is 2.19. The highest BCUT2D eigenvalue weighted by Crippen LogP contribution is 2.35. The van der Waals surface area contributed by atoms with Gasteiger partial charge in [0.2, 0.25) is 5.91 Å². The molecule has 23 heavy (non-hydrogen) atoms. The Kier molecular flexibility index (Phi) is 6.13. The summed E-state index contributed by atoms with van der Waals surface area (Å²) in [7, 11) is 0. The van der Waals surface area contributed by atoms with Gasteiger partial charge in [-0.25, -0.2) is 4.98 Å². The van der Waals surface area contributed by atoms with E-state index in [0.29, 0.717) is 12.5 Å². The zero-order valence-electron chi connectivity index (χ0n) is 13.9. The molecule has 0 aliphatic rings. The van der Waals surface area contributed by atoms with Gasteiger partial charge in [-0.05, 0) is 31.0 Å². The maximum atomic E-state index is 11.2. The van der Waals surface area contributed by atoms with E-state index >= 15 is 0 Å². The summed E-state index contributed by atoms with van der Waals surface area (Å²) in [4.78, 5) is 17.1. The topological polar surface area (TPSA) is 46.9 Å². The molecule has 0 unspecified atom stereocenters. The summed E-state index contributed by atoms with van der Waals surface area (Å²) >= 11 is 7.76. The zero-order chi connectivity index (χ0) is 17.0. The van der Waals surface area contributed by atoms with Crippen molar-refractivity contribution in [2.45, 2.75) is 56.6 Å². The van der Waals surface area contributed by atoms with E-state index in [2.05, 4.69) is 30.7 Å². The Morgan fingerprint density at radius 1 is 1.43 bits per heavy atom. The van der Waals surface area contributed by atoms with Crippen LogP contribution in [0.4, 0.5) is 0 Å². The van der Waals surface area contributed by atoms with Gasteiger partial charge in [0.1, 0.15) is 10.9 Å². The van der Waals surface area contributed by atoms with Crippen LogP contribution in [0.25, 0.3) is 0 Å². The van der Waals surface area contributed by atoms with Crippen molar-refractivity contribution in [3.05, 3.63) is 40.8 Å². The van der Waals surface area contributed by atoms with E-state index in [4.69, 9.17) is 16.6 Å². The molecule has 0 saturated carbocycles. The van der Waals surface area contributed by atoms with E-state index in [1.54, 1.807) is 11.8 Å². The lowest BCUT2D eigenvalue weighted by Crippen LogP contribution is -2.21. The lowest BCUT2D eigenvalue weighted by atomic mass is 10.1. The molecule has 0 bridgehead atoms. The Morgan fingerprint density at radius 3 is 2.74 bits per heavy atom. The van der Waals surface area contributed by atoms with Crippen molar-refractivity contribution in [3.8, 4) is 0 Å². The van der Waals surface area contributed by atoms with Crippen LogP contribution in [0.2, 0.25) is 5.02 Å². The van der Waals surface area contributed by atoms with Crippen LogP contribution in [0.5, 0.6) is 0 Å². The van der Waals surface area contributed by atoms with Gasteiger partial charge >= 0.3 is 0 Å². The number of aromatic nitrogens is 2. The number of rotatable bonds is 6. The molecule has 4 nitrogen and oxygen atoms in total. The number of nitrogens with zero attached hydrogens (tertiary/aromatic N) is 2. The van der Waals surface area contributed by atoms with Crippen LogP contribution in [0.15, 0.2) is 34.2 Å². The van der Waals surface area contributed by atoms with Gasteiger partial charge in [-0.2, -0.15) is 0 Å². The number of carbonyl (C=O) groups excluding carboxylic acids is 1. The molecule has 0 radical (unpaired) electrons. The summed E-state index contributed by atoms with van der Waals surface area (Å²) in [6.07, 6.45) is 0. The molecule has 2 rings (SSSR count). The second kappa shape index (κ2) is 7.88. The molecule has 1 N–H and O–H groups in total. The summed E-state index contributed by atoms with van der Waals surface area (Å²) in [5.74, 6) is 1.14. The molecular formula is C17H22ClN3OS. The van der Waals surface area contributed by atoms with E-state index in [9.17, 15) is 4.79 Å². The minimum atomic E-state index is -0.0502. The fourth-order valence-electron chi connectivity index (χ4n) is 2.29. The molecule has 0 fully saturated rings. The highest BCUT2D eigenvalue weighted by atomic mass is 35.5. The Balaban J connectivity index is 2.40. The number of nitrogens with one attached hydrogen (secondary N) is 1. The van der Waals surface area contributed by atoms with Gasteiger partial charge in [0.15, 0.2) is 0 Å². The largest absolute Gasteiger partial charge is 0.349 e. The number of hydrogen-bond donors (Lipinski definition) is 1. The first kappa shape index (κ1) is 17.9. The third kappa shape index (κ3) is 4.52. The molecular weight excluding hydrogens is 330 g/mol. The third-order valence-corrected chi connectivity index (χ3v) is 4.74. The number of carbonyl (C=O) groups is 1. The second-order valence-electron chi connectivity index (χ2n) is 5.59. The van der Waals surface area contributed by atoms with Crippen molar-refractivity contribution >= 4 is 29.3 Å². The molecule has 0 atom stereocenters. The maximum absolute atomic E-state index is 11.2. The third-order valence-electron chi connectivity index (χ3n) is 3.39. The van der Waals surface area contributed by atoms with Gasteiger partial charge in [-0.15, -0.1) is 0 Å². The SMILES string of the molecule is CCn1c(CNC(C)=O)nc(C(C)C)c1Sc1cccc(Cl)c1. The number of halogens is 1. The number of hydrogen-bond acceptors (Lipinski definition) is 3. The lowest BCUT2D eigenvalue weighted by Gasteiger charge is -2.11. The van der Waals surface area contributed by atoms with Gasteiger partial charge in [0.25, 0.3) is 0 Å². The van der Waals surface area contributed by atoms with Crippen molar-refractivity contribution in [3.63, 3.8) is 0 Å². The number of benzene rings is 1. The predicted molar refractivity (Wildman–Crippen MR) is 95.1 cm³/mol. The van der Waals surface area contributed by atoms with Gasteiger partial charge in [0.05, 0.1) is 12.2 Å². The molecule has 1 aromatic heterocycles. The summed E-state index contributed by atoms with van der Waals surface area (Å²) in [6.45, 7) is 9.12. The minimum Gasteiger partial charge on any atom is -0.349 e. The molecule has 0 aliphatic carbocycles. The van der Waals surface area contributed by atoms with Gasteiger partial charge < -0.3 is 9.88 Å². The van der Waals surface area contributed by atoms with Crippen LogP contribution in [-0.4, -0.2) is 15.5 Å². The predicted octanol–water partition coefficient (Wildman–Crippen LogP) is 4.47. The number of imidazole rings is 1. The first-order chi connectivity index (χ1) is 10.9. The number of amides is 1. The highest BCUT2D eigenvalue weighted by molar-refractivity contribution is 7.99. The van der Waals surface area contributed by atoms with Crippen LogP contribution in [-0.2, 0) is 17.9 Å². The van der Waals surface area contributed by atoms with Gasteiger partial charge in [-0.3, -0.25) is 4.79 Å². The average Bonchev–Trinajstić information content (AvgIpc) is 2.83. The quantitative estimate of drug-likeness (QED) is 0.835. The molecule has 1 heterocycles. The van der Waals surface area contributed by atoms with Gasteiger partial charge in [0, 0.05) is 23.4 Å². The Labute approximate surface area is 146 Å². The van der Waals surface area contributed by atoms with E-state index in [1.165, 1.54) is 6.92 Å². The molecule has 6 heteroatoms. The Morgan fingerprint density at radius 2 is 2.17 bits per heavy atom. The van der Waals surface area contributed by atoms with Crippen molar-refractivity contribution in [1.29, 1.82) is 0 Å². The molecule has 2 aromatic rings. The molecule has 0 spiro atoms. The van der Waals surface area contributed by atoms with E-state index < -0.39 is 0 Å². The van der Waals surface area contributed by atoms with Crippen molar-refractivity contribution in [1.82, 2.24) is 14.9 Å². The van der Waals surface area contributed by atoms with E-state index in [-0.39, 0.29) is 5.91 Å². The maximum Gasteiger partial charge on any atom is 0.217 e. The fraction of sp³-hybridized carbons (Fsp3) is 0.412. The summed E-state index contributed by atoms with van der Waals surface area (Å²) in [5.41, 5.74) is 1.05. The first-order valence-corrected chi connectivity index (χ1v) is 8.89. The average molecular weight is 352 g/mol. The first-order valence-electron chi connectivity index (χ1n) is 7.69. The van der Waals surface area contributed by atoms with Crippen LogP contribution in [0.3, 0.4) is 0 Å². The normalized spacial score (nSPS) is 11.0. The molecule has 1 amide bonds. The van der Waals surface area contributed by atoms with Crippen molar-refractivity contribution in [2.24, 2.45) is 0 Å². The van der Waals surface area contributed by atoms with E-state index in [1.807, 2.05) is 24.3 Å². The summed E-state index contributed by atoms with van der Waals surface area (Å²) < 4.78 is 2.16. The van der Waals surface area contributed by atoms with Crippen LogP contribution < -0.4 is 5.32 Å². The Bertz CT molecular complexity index is 697. The summed E-state index contributed by atoms with van der Waals surface area (Å²) in [5, 5.41) is 4.68. The minimum absolute atomic E-state index is 0.0502. The second-order valence-corrected chi connectivity index (χ2v) is 7.09.